The molecule has 0 aromatic heterocycles. The van der Waals surface area contributed by atoms with Crippen LogP contribution in [0.2, 0.25) is 0 Å². The summed E-state index contributed by atoms with van der Waals surface area (Å²) in [6, 6.07) is 5.89. The van der Waals surface area contributed by atoms with Gasteiger partial charge in [-0.05, 0) is 37.1 Å². The molecule has 5 rings (SSSR count). The summed E-state index contributed by atoms with van der Waals surface area (Å²) in [6.07, 6.45) is 1.56. The van der Waals surface area contributed by atoms with E-state index in [1.807, 2.05) is 4.90 Å². The summed E-state index contributed by atoms with van der Waals surface area (Å²) in [4.78, 5) is 28.2. The Labute approximate surface area is 171 Å². The van der Waals surface area contributed by atoms with Gasteiger partial charge in [0.1, 0.15) is 17.2 Å². The molecule has 8 heteroatoms. The van der Waals surface area contributed by atoms with Gasteiger partial charge >= 0.3 is 0 Å². The first kappa shape index (κ1) is 18.7. The summed E-state index contributed by atoms with van der Waals surface area (Å²) in [5.74, 6) is -2.58. The summed E-state index contributed by atoms with van der Waals surface area (Å²) in [5, 5.41) is 0. The maximum absolute atomic E-state index is 15.1. The predicted molar refractivity (Wildman–Crippen MR) is 105 cm³/mol. The van der Waals surface area contributed by atoms with Crippen LogP contribution in [0.5, 0.6) is 5.75 Å². The van der Waals surface area contributed by atoms with Crippen molar-refractivity contribution in [1.82, 2.24) is 0 Å². The van der Waals surface area contributed by atoms with Crippen LogP contribution in [-0.4, -0.2) is 37.7 Å². The third-order valence-electron chi connectivity index (χ3n) is 5.79. The van der Waals surface area contributed by atoms with Crippen molar-refractivity contribution in [2.75, 3.05) is 30.1 Å². The minimum absolute atomic E-state index is 0.0346. The van der Waals surface area contributed by atoms with Gasteiger partial charge in [0.05, 0.1) is 34.8 Å². The Morgan fingerprint density at radius 1 is 1.10 bits per heavy atom. The van der Waals surface area contributed by atoms with Crippen molar-refractivity contribution < 1.29 is 27.8 Å². The first-order chi connectivity index (χ1) is 14.4. The second kappa shape index (κ2) is 6.37. The summed E-state index contributed by atoms with van der Waals surface area (Å²) in [5.41, 5.74) is 0.411. The highest BCUT2D eigenvalue weighted by Gasteiger charge is 2.53. The molecule has 2 aromatic carbocycles. The normalized spacial score (nSPS) is 18.6. The Morgan fingerprint density at radius 2 is 1.83 bits per heavy atom. The van der Waals surface area contributed by atoms with E-state index in [1.54, 1.807) is 7.11 Å². The van der Waals surface area contributed by atoms with Crippen LogP contribution in [0.4, 0.5) is 20.2 Å². The molecule has 1 saturated carbocycles. The quantitative estimate of drug-likeness (QED) is 0.718. The Balaban J connectivity index is 1.60. The first-order valence-electron chi connectivity index (χ1n) is 9.53. The number of nitrogens with zero attached hydrogens (tertiary/aromatic N) is 2. The second-order valence-electron chi connectivity index (χ2n) is 7.59. The lowest BCUT2D eigenvalue weighted by atomic mass is 10.1. The molecular formula is C22H18F2N2O4. The summed E-state index contributed by atoms with van der Waals surface area (Å²) in [6.45, 7) is 4.99. The lowest BCUT2D eigenvalue weighted by molar-refractivity contribution is 0.0924. The molecule has 154 valence electrons. The first-order valence-corrected chi connectivity index (χ1v) is 9.53. The van der Waals surface area contributed by atoms with Gasteiger partial charge in [-0.1, -0.05) is 6.58 Å². The van der Waals surface area contributed by atoms with Crippen molar-refractivity contribution in [2.45, 2.75) is 18.4 Å². The number of fused-ring (bicyclic) bond motifs is 2. The molecule has 6 nitrogen and oxygen atoms in total. The Hall–Kier alpha value is -3.26. The van der Waals surface area contributed by atoms with E-state index < -0.39 is 29.0 Å². The number of anilines is 2. The maximum atomic E-state index is 15.1. The van der Waals surface area contributed by atoms with Crippen molar-refractivity contribution in [2.24, 2.45) is 0 Å². The van der Waals surface area contributed by atoms with Crippen molar-refractivity contribution in [1.29, 1.82) is 0 Å². The molecule has 2 aromatic rings. The number of hydrogen-bond donors (Lipinski definition) is 0. The van der Waals surface area contributed by atoms with E-state index in [2.05, 4.69) is 6.58 Å². The largest absolute Gasteiger partial charge is 0.479 e. The topological polar surface area (TPSA) is 59.1 Å². The standard InChI is InChI=1S/C22H18F2N2O4/c1-12-22(5-6-22)30-19-10-16(24)17(11-18(19)25(12)7-8-29-2)26-20(27)14-4-3-13(23)9-15(14)21(26)28/h3-4,9-11H,1,5-8H2,2H3. The van der Waals surface area contributed by atoms with Gasteiger partial charge in [0.15, 0.2) is 5.82 Å². The lowest BCUT2D eigenvalue weighted by Gasteiger charge is -2.39. The number of carbonyl (C=O) groups is 2. The highest BCUT2D eigenvalue weighted by atomic mass is 19.1. The van der Waals surface area contributed by atoms with E-state index >= 15 is 4.39 Å². The van der Waals surface area contributed by atoms with Crippen molar-refractivity contribution in [3.05, 3.63) is 65.4 Å². The third-order valence-corrected chi connectivity index (χ3v) is 5.79. The minimum Gasteiger partial charge on any atom is -0.479 e. The van der Waals surface area contributed by atoms with Crippen LogP contribution in [0.3, 0.4) is 0 Å². The Kier molecular flexibility index (Phi) is 3.98. The van der Waals surface area contributed by atoms with Crippen molar-refractivity contribution >= 4 is 23.2 Å². The molecule has 0 atom stereocenters. The molecular weight excluding hydrogens is 394 g/mol. The van der Waals surface area contributed by atoms with Crippen LogP contribution in [0, 0.1) is 11.6 Å². The average Bonchev–Trinajstić information content (AvgIpc) is 3.45. The van der Waals surface area contributed by atoms with Gasteiger partial charge in [0.25, 0.3) is 11.8 Å². The van der Waals surface area contributed by atoms with Gasteiger partial charge in [-0.3, -0.25) is 9.59 Å². The second-order valence-corrected chi connectivity index (χ2v) is 7.59. The summed E-state index contributed by atoms with van der Waals surface area (Å²) in [7, 11) is 1.57. The number of amides is 2. The third kappa shape index (κ3) is 2.56. The zero-order chi connectivity index (χ0) is 21.2. The van der Waals surface area contributed by atoms with Crippen LogP contribution >= 0.6 is 0 Å². The van der Waals surface area contributed by atoms with Gasteiger partial charge in [-0.25, -0.2) is 13.7 Å². The zero-order valence-corrected chi connectivity index (χ0v) is 16.2. The highest BCUT2D eigenvalue weighted by molar-refractivity contribution is 6.34. The van der Waals surface area contributed by atoms with Crippen LogP contribution in [0.15, 0.2) is 42.6 Å². The average molecular weight is 412 g/mol. The summed E-state index contributed by atoms with van der Waals surface area (Å²) >= 11 is 0. The number of ether oxygens (including phenoxy) is 2. The van der Waals surface area contributed by atoms with Crippen molar-refractivity contribution in [3.63, 3.8) is 0 Å². The monoisotopic (exact) mass is 412 g/mol. The molecule has 1 fully saturated rings. The molecule has 0 bridgehead atoms. The molecule has 30 heavy (non-hydrogen) atoms. The van der Waals surface area contributed by atoms with E-state index in [0.717, 1.165) is 35.6 Å². The highest BCUT2D eigenvalue weighted by Crippen LogP contribution is 2.54. The van der Waals surface area contributed by atoms with Crippen LogP contribution < -0.4 is 14.5 Å². The zero-order valence-electron chi connectivity index (χ0n) is 16.2. The van der Waals surface area contributed by atoms with Gasteiger partial charge in [-0.2, -0.15) is 0 Å². The molecule has 0 N–H and O–H groups in total. The predicted octanol–water partition coefficient (Wildman–Crippen LogP) is 3.66. The van der Waals surface area contributed by atoms with Crippen LogP contribution in [-0.2, 0) is 4.74 Å². The number of imide groups is 1. The van der Waals surface area contributed by atoms with E-state index in [-0.39, 0.29) is 16.8 Å². The van der Waals surface area contributed by atoms with Crippen LogP contribution in [0.1, 0.15) is 33.6 Å². The number of methoxy groups -OCH3 is 1. The Morgan fingerprint density at radius 3 is 2.53 bits per heavy atom. The molecule has 2 amide bonds. The van der Waals surface area contributed by atoms with Gasteiger partial charge in [0, 0.05) is 19.7 Å². The van der Waals surface area contributed by atoms with E-state index in [1.165, 1.54) is 18.2 Å². The molecule has 3 aliphatic rings. The SMILES string of the molecule is C=C1N(CCOC)c2cc(N3C(=O)c4ccc(F)cc4C3=O)c(F)cc2OC12CC2. The van der Waals surface area contributed by atoms with Gasteiger partial charge < -0.3 is 14.4 Å². The van der Waals surface area contributed by atoms with E-state index in [0.29, 0.717) is 24.6 Å². The fraction of sp³-hybridized carbons (Fsp3) is 0.273. The number of hydrogen-bond acceptors (Lipinski definition) is 5. The lowest BCUT2D eigenvalue weighted by Crippen LogP contribution is -2.41. The van der Waals surface area contributed by atoms with Gasteiger partial charge in [0.2, 0.25) is 0 Å². The minimum atomic E-state index is -0.779. The van der Waals surface area contributed by atoms with Crippen LogP contribution in [0.25, 0.3) is 0 Å². The molecule has 2 aliphatic heterocycles. The van der Waals surface area contributed by atoms with Crippen molar-refractivity contribution in [3.8, 4) is 5.75 Å². The van der Waals surface area contributed by atoms with Gasteiger partial charge in [-0.15, -0.1) is 0 Å². The number of halogens is 2. The molecule has 0 unspecified atom stereocenters. The summed E-state index contributed by atoms with van der Waals surface area (Å²) < 4.78 is 39.9. The molecule has 1 aliphatic carbocycles. The van der Waals surface area contributed by atoms with E-state index in [4.69, 9.17) is 9.47 Å². The fourth-order valence-electron chi connectivity index (χ4n) is 4.03. The Bertz CT molecular complexity index is 1130. The van der Waals surface area contributed by atoms with E-state index in [9.17, 15) is 14.0 Å². The molecule has 0 radical (unpaired) electrons. The maximum Gasteiger partial charge on any atom is 0.266 e. The number of benzene rings is 2. The molecule has 1 spiro atoms. The fourth-order valence-corrected chi connectivity index (χ4v) is 4.03. The number of carbonyl (C=O) groups excluding carboxylic acids is 2. The molecule has 2 heterocycles. The number of rotatable bonds is 4. The smallest absolute Gasteiger partial charge is 0.266 e. The molecule has 0 saturated heterocycles.